The van der Waals surface area contributed by atoms with Crippen molar-refractivity contribution in [3.63, 3.8) is 0 Å². The van der Waals surface area contributed by atoms with Gasteiger partial charge in [0.2, 0.25) is 0 Å². The highest BCUT2D eigenvalue weighted by Crippen LogP contribution is 2.39. The first-order valence-corrected chi connectivity index (χ1v) is 7.90. The Morgan fingerprint density at radius 1 is 1.50 bits per heavy atom. The van der Waals surface area contributed by atoms with Crippen molar-refractivity contribution in [2.24, 2.45) is 0 Å². The lowest BCUT2D eigenvalue weighted by atomic mass is 10.2. The number of fused-ring (bicyclic) bond motifs is 1. The molecule has 3 N–H and O–H groups in total. The van der Waals surface area contributed by atoms with Crippen LogP contribution >= 0.6 is 0 Å². The molecule has 0 spiro atoms. The van der Waals surface area contributed by atoms with E-state index in [0.717, 1.165) is 19.2 Å². The summed E-state index contributed by atoms with van der Waals surface area (Å²) in [6.07, 6.45) is 0. The topological polar surface area (TPSA) is 134 Å². The summed E-state index contributed by atoms with van der Waals surface area (Å²) >= 11 is 0. The molecule has 0 aromatic heterocycles. The third kappa shape index (κ3) is 2.97. The van der Waals surface area contributed by atoms with E-state index >= 15 is 0 Å². The van der Waals surface area contributed by atoms with Gasteiger partial charge in [0.15, 0.2) is 5.72 Å². The Morgan fingerprint density at radius 3 is 2.82 bits per heavy atom. The number of benzene rings is 1. The molecule has 1 aromatic carbocycles. The first kappa shape index (κ1) is 15.0. The van der Waals surface area contributed by atoms with Crippen molar-refractivity contribution in [1.82, 2.24) is 4.90 Å². The highest BCUT2D eigenvalue weighted by molar-refractivity contribution is 7.87. The minimum atomic E-state index is -4.48. The van der Waals surface area contributed by atoms with Gasteiger partial charge in [-0.3, -0.25) is 24.3 Å². The van der Waals surface area contributed by atoms with Crippen LogP contribution in [0.1, 0.15) is 0 Å². The highest BCUT2D eigenvalue weighted by atomic mass is 32.2. The Hall–Kier alpha value is -1.95. The second kappa shape index (κ2) is 5.05. The molecule has 2 saturated heterocycles. The van der Waals surface area contributed by atoms with E-state index in [1.54, 1.807) is 4.72 Å². The zero-order valence-corrected chi connectivity index (χ0v) is 12.2. The maximum Gasteiger partial charge on any atom is 0.357 e. The first-order chi connectivity index (χ1) is 10.3. The largest absolute Gasteiger partial charge is 0.375 e. The van der Waals surface area contributed by atoms with E-state index in [2.05, 4.69) is 10.2 Å². The molecule has 22 heavy (non-hydrogen) atoms. The van der Waals surface area contributed by atoms with Crippen LogP contribution in [0.25, 0.3) is 0 Å². The number of anilines is 2. The van der Waals surface area contributed by atoms with Gasteiger partial charge in [0.25, 0.3) is 5.69 Å². The lowest BCUT2D eigenvalue weighted by Crippen LogP contribution is -2.26. The highest BCUT2D eigenvalue weighted by Gasteiger charge is 2.56. The van der Waals surface area contributed by atoms with Crippen LogP contribution in [0.4, 0.5) is 17.1 Å². The summed E-state index contributed by atoms with van der Waals surface area (Å²) in [5.41, 5.74) is -0.514. The van der Waals surface area contributed by atoms with Crippen molar-refractivity contribution in [2.75, 3.05) is 36.3 Å². The van der Waals surface area contributed by atoms with Crippen molar-refractivity contribution < 1.29 is 22.6 Å². The summed E-state index contributed by atoms with van der Waals surface area (Å²) in [5.74, 6) is 0. The van der Waals surface area contributed by atoms with Gasteiger partial charge in [0.1, 0.15) is 5.69 Å². The molecule has 1 aromatic rings. The molecular weight excluding hydrogens is 316 g/mol. The van der Waals surface area contributed by atoms with Crippen LogP contribution in [-0.4, -0.2) is 54.8 Å². The summed E-state index contributed by atoms with van der Waals surface area (Å²) in [5, 5.41) is 14.1. The maximum atomic E-state index is 11.1. The van der Waals surface area contributed by atoms with Crippen LogP contribution in [0, 0.1) is 10.1 Å². The fraction of sp³-hybridized carbons (Fsp3) is 0.455. The molecule has 0 radical (unpaired) electrons. The Bertz CT molecular complexity index is 723. The van der Waals surface area contributed by atoms with Gasteiger partial charge in [-0.1, -0.05) is 0 Å². The zero-order chi connectivity index (χ0) is 16.0. The number of ether oxygens (including phenoxy) is 1. The number of nitrogens with one attached hydrogen (secondary N) is 2. The van der Waals surface area contributed by atoms with Gasteiger partial charge in [-0.2, -0.15) is 8.42 Å². The lowest BCUT2D eigenvalue weighted by molar-refractivity contribution is -0.383. The summed E-state index contributed by atoms with van der Waals surface area (Å²) in [4.78, 5) is 12.6. The average molecular weight is 330 g/mol. The van der Waals surface area contributed by atoms with Crippen molar-refractivity contribution >= 4 is 27.4 Å². The standard InChI is InChI=1S/C11H14N4O6S/c16-15(17)10-5-8(13-22(18,19)20)1-2-9(10)12-6-11-7-14(11)3-4-21-11/h1-2,5,12-13H,3-4,6-7H2,(H,18,19,20). The molecule has 0 bridgehead atoms. The van der Waals surface area contributed by atoms with Crippen LogP contribution in [-0.2, 0) is 15.0 Å². The van der Waals surface area contributed by atoms with Crippen LogP contribution in [0.2, 0.25) is 0 Å². The average Bonchev–Trinajstić information content (AvgIpc) is 2.96. The van der Waals surface area contributed by atoms with E-state index in [0.29, 0.717) is 13.2 Å². The summed E-state index contributed by atoms with van der Waals surface area (Å²) in [6.45, 7) is 2.68. The molecule has 0 aliphatic carbocycles. The molecular formula is C11H14N4O6S. The van der Waals surface area contributed by atoms with Gasteiger partial charge < -0.3 is 10.1 Å². The molecule has 10 nitrogen and oxygen atoms in total. The van der Waals surface area contributed by atoms with E-state index in [1.807, 2.05) is 0 Å². The van der Waals surface area contributed by atoms with E-state index in [4.69, 9.17) is 9.29 Å². The monoisotopic (exact) mass is 330 g/mol. The fourth-order valence-electron chi connectivity index (χ4n) is 2.53. The Labute approximate surface area is 126 Å². The maximum absolute atomic E-state index is 11.1. The van der Waals surface area contributed by atoms with Gasteiger partial charge in [0.05, 0.1) is 23.8 Å². The third-order valence-corrected chi connectivity index (χ3v) is 4.13. The second-order valence-corrected chi connectivity index (χ2v) is 6.29. The number of hydrogen-bond acceptors (Lipinski definition) is 7. The van der Waals surface area contributed by atoms with Gasteiger partial charge in [-0.25, -0.2) is 0 Å². The molecule has 2 unspecified atom stereocenters. The Morgan fingerprint density at radius 2 is 2.27 bits per heavy atom. The lowest BCUT2D eigenvalue weighted by Gasteiger charge is -2.14. The third-order valence-electron chi connectivity index (χ3n) is 3.64. The Balaban J connectivity index is 1.77. The first-order valence-electron chi connectivity index (χ1n) is 6.46. The molecule has 0 saturated carbocycles. The molecule has 2 aliphatic heterocycles. The number of nitro benzene ring substituents is 1. The number of morpholine rings is 1. The van der Waals surface area contributed by atoms with Crippen LogP contribution < -0.4 is 10.0 Å². The quantitative estimate of drug-likeness (QED) is 0.293. The van der Waals surface area contributed by atoms with E-state index in [1.165, 1.54) is 12.1 Å². The minimum Gasteiger partial charge on any atom is -0.375 e. The number of rotatable bonds is 6. The van der Waals surface area contributed by atoms with Gasteiger partial charge in [0, 0.05) is 19.2 Å². The minimum absolute atomic E-state index is 0.0944. The molecule has 2 fully saturated rings. The normalized spacial score (nSPS) is 26.3. The van der Waals surface area contributed by atoms with Gasteiger partial charge >= 0.3 is 10.3 Å². The molecule has 2 aliphatic rings. The van der Waals surface area contributed by atoms with Crippen molar-refractivity contribution in [3.8, 4) is 0 Å². The summed E-state index contributed by atoms with van der Waals surface area (Å²) < 4.78 is 37.6. The Kier molecular flexibility index (Phi) is 3.44. The molecule has 120 valence electrons. The summed E-state index contributed by atoms with van der Waals surface area (Å²) in [7, 11) is -4.48. The predicted molar refractivity (Wildman–Crippen MR) is 77.0 cm³/mol. The fourth-order valence-corrected chi connectivity index (χ4v) is 2.95. The molecule has 3 rings (SSSR count). The summed E-state index contributed by atoms with van der Waals surface area (Å²) in [6, 6.07) is 3.73. The molecule has 2 heterocycles. The van der Waals surface area contributed by atoms with E-state index < -0.39 is 15.2 Å². The van der Waals surface area contributed by atoms with Crippen LogP contribution in [0.3, 0.4) is 0 Å². The van der Waals surface area contributed by atoms with E-state index in [9.17, 15) is 18.5 Å². The predicted octanol–water partition coefficient (Wildman–Crippen LogP) is 0.263. The number of nitro groups is 1. The van der Waals surface area contributed by atoms with Crippen LogP contribution in [0.15, 0.2) is 18.2 Å². The smallest absolute Gasteiger partial charge is 0.357 e. The molecule has 0 amide bonds. The SMILES string of the molecule is O=[N+]([O-])c1cc(NS(=O)(=O)O)ccc1NCC12CN1CCO2. The van der Waals surface area contributed by atoms with Crippen LogP contribution in [0.5, 0.6) is 0 Å². The van der Waals surface area contributed by atoms with Gasteiger partial charge in [-0.05, 0) is 12.1 Å². The zero-order valence-electron chi connectivity index (χ0n) is 11.4. The van der Waals surface area contributed by atoms with E-state index in [-0.39, 0.29) is 22.8 Å². The van der Waals surface area contributed by atoms with Crippen molar-refractivity contribution in [2.45, 2.75) is 5.72 Å². The number of hydrogen-bond donors (Lipinski definition) is 3. The molecule has 2 atom stereocenters. The van der Waals surface area contributed by atoms with Gasteiger partial charge in [-0.15, -0.1) is 0 Å². The second-order valence-electron chi connectivity index (χ2n) is 5.14. The van der Waals surface area contributed by atoms with Crippen molar-refractivity contribution in [3.05, 3.63) is 28.3 Å². The molecule has 11 heteroatoms. The van der Waals surface area contributed by atoms with Crippen molar-refractivity contribution in [1.29, 1.82) is 0 Å². The number of nitrogens with zero attached hydrogens (tertiary/aromatic N) is 2.